The SMILES string of the molecule is COC(=O)[C@H](CNC(=O)OC(C)(C)C)NS(=O)(=O)c1cccs1. The van der Waals surface area contributed by atoms with E-state index in [4.69, 9.17) is 4.74 Å². The van der Waals surface area contributed by atoms with E-state index in [1.807, 2.05) is 0 Å². The number of sulfonamides is 1. The number of rotatable bonds is 6. The van der Waals surface area contributed by atoms with Gasteiger partial charge in [0.05, 0.1) is 7.11 Å². The van der Waals surface area contributed by atoms with E-state index in [0.29, 0.717) is 0 Å². The molecule has 0 fully saturated rings. The highest BCUT2D eigenvalue weighted by Gasteiger charge is 2.28. The van der Waals surface area contributed by atoms with E-state index in [9.17, 15) is 18.0 Å². The first kappa shape index (κ1) is 19.4. The number of amides is 1. The Morgan fingerprint density at radius 3 is 2.48 bits per heavy atom. The van der Waals surface area contributed by atoms with Gasteiger partial charge in [-0.25, -0.2) is 13.2 Å². The first-order chi connectivity index (χ1) is 10.5. The van der Waals surface area contributed by atoms with Gasteiger partial charge in [-0.3, -0.25) is 4.79 Å². The average Bonchev–Trinajstić information content (AvgIpc) is 2.95. The molecule has 0 bridgehead atoms. The van der Waals surface area contributed by atoms with Crippen LogP contribution in [0.25, 0.3) is 0 Å². The van der Waals surface area contributed by atoms with Crippen molar-refractivity contribution in [2.24, 2.45) is 0 Å². The molecular weight excluding hydrogens is 344 g/mol. The third-order valence-electron chi connectivity index (χ3n) is 2.39. The first-order valence-electron chi connectivity index (χ1n) is 6.65. The third-order valence-corrected chi connectivity index (χ3v) is 5.26. The first-order valence-corrected chi connectivity index (χ1v) is 9.02. The average molecular weight is 364 g/mol. The molecule has 1 heterocycles. The molecule has 0 saturated carbocycles. The summed E-state index contributed by atoms with van der Waals surface area (Å²) < 4.78 is 36.1. The van der Waals surface area contributed by atoms with E-state index in [-0.39, 0.29) is 10.8 Å². The molecule has 0 aliphatic heterocycles. The van der Waals surface area contributed by atoms with Crippen LogP contribution in [-0.4, -0.2) is 45.8 Å². The molecule has 0 aliphatic rings. The van der Waals surface area contributed by atoms with E-state index in [0.717, 1.165) is 18.4 Å². The summed E-state index contributed by atoms with van der Waals surface area (Å²) in [6, 6.07) is 1.72. The summed E-state index contributed by atoms with van der Waals surface area (Å²) in [6.07, 6.45) is -0.762. The predicted molar refractivity (Wildman–Crippen MR) is 84.7 cm³/mol. The van der Waals surface area contributed by atoms with E-state index in [1.54, 1.807) is 32.2 Å². The number of ether oxygens (including phenoxy) is 2. The van der Waals surface area contributed by atoms with Crippen molar-refractivity contribution in [3.8, 4) is 0 Å². The van der Waals surface area contributed by atoms with Gasteiger partial charge < -0.3 is 14.8 Å². The number of alkyl carbamates (subject to hydrolysis) is 1. The lowest BCUT2D eigenvalue weighted by Crippen LogP contribution is -2.49. The molecule has 8 nitrogen and oxygen atoms in total. The standard InChI is InChI=1S/C13H20N2O6S2/c1-13(2,3)21-12(17)14-8-9(11(16)20-4)15-23(18,19)10-6-5-7-22-10/h5-7,9,15H,8H2,1-4H3,(H,14,17)/t9-/m0/s1. The van der Waals surface area contributed by atoms with E-state index < -0.39 is 33.7 Å². The fourth-order valence-corrected chi connectivity index (χ4v) is 3.67. The number of thiophene rings is 1. The maximum atomic E-state index is 12.1. The van der Waals surface area contributed by atoms with Crippen molar-refractivity contribution in [3.63, 3.8) is 0 Å². The van der Waals surface area contributed by atoms with Crippen LogP contribution < -0.4 is 10.0 Å². The molecule has 23 heavy (non-hydrogen) atoms. The van der Waals surface area contributed by atoms with Gasteiger partial charge in [-0.05, 0) is 32.2 Å². The minimum absolute atomic E-state index is 0.0590. The smallest absolute Gasteiger partial charge is 0.407 e. The maximum Gasteiger partial charge on any atom is 0.407 e. The number of hydrogen-bond donors (Lipinski definition) is 2. The van der Waals surface area contributed by atoms with E-state index in [1.165, 1.54) is 6.07 Å². The normalized spacial score (nSPS) is 13.2. The molecule has 1 atom stereocenters. The van der Waals surface area contributed by atoms with Crippen LogP contribution >= 0.6 is 11.3 Å². The second kappa shape index (κ2) is 7.75. The van der Waals surface area contributed by atoms with Gasteiger partial charge in [0, 0.05) is 6.54 Å². The van der Waals surface area contributed by atoms with Gasteiger partial charge in [0.15, 0.2) is 0 Å². The highest BCUT2D eigenvalue weighted by atomic mass is 32.2. The quantitative estimate of drug-likeness (QED) is 0.731. The van der Waals surface area contributed by atoms with Gasteiger partial charge in [-0.1, -0.05) is 6.07 Å². The van der Waals surface area contributed by atoms with Crippen molar-refractivity contribution in [2.45, 2.75) is 36.6 Å². The number of esters is 1. The summed E-state index contributed by atoms with van der Waals surface area (Å²) in [6.45, 7) is 4.75. The largest absolute Gasteiger partial charge is 0.468 e. The van der Waals surface area contributed by atoms with Gasteiger partial charge in [0.25, 0.3) is 10.0 Å². The summed E-state index contributed by atoms with van der Waals surface area (Å²) in [5.74, 6) is -0.818. The van der Waals surface area contributed by atoms with Crippen LogP contribution in [0.2, 0.25) is 0 Å². The zero-order chi connectivity index (χ0) is 17.7. The molecule has 0 radical (unpaired) electrons. The lowest BCUT2D eigenvalue weighted by atomic mass is 10.2. The van der Waals surface area contributed by atoms with Crippen LogP contribution in [0.3, 0.4) is 0 Å². The molecule has 1 aromatic rings. The summed E-state index contributed by atoms with van der Waals surface area (Å²) in [5.41, 5.74) is -0.707. The second-order valence-electron chi connectivity index (χ2n) is 5.51. The molecule has 2 N–H and O–H groups in total. The van der Waals surface area contributed by atoms with Crippen LogP contribution in [0, 0.1) is 0 Å². The molecule has 1 aromatic heterocycles. The molecule has 0 saturated heterocycles. The van der Waals surface area contributed by atoms with Gasteiger partial charge in [0.1, 0.15) is 15.9 Å². The Hall–Kier alpha value is -1.65. The van der Waals surface area contributed by atoms with Crippen molar-refractivity contribution in [3.05, 3.63) is 17.5 Å². The zero-order valence-electron chi connectivity index (χ0n) is 13.3. The van der Waals surface area contributed by atoms with Crippen LogP contribution in [0.4, 0.5) is 4.79 Å². The van der Waals surface area contributed by atoms with E-state index >= 15 is 0 Å². The highest BCUT2D eigenvalue weighted by Crippen LogP contribution is 2.16. The van der Waals surface area contributed by atoms with Crippen LogP contribution in [0.5, 0.6) is 0 Å². The topological polar surface area (TPSA) is 111 Å². The Morgan fingerprint density at radius 1 is 1.35 bits per heavy atom. The Bertz CT molecular complexity index is 634. The molecule has 130 valence electrons. The molecule has 10 heteroatoms. The highest BCUT2D eigenvalue weighted by molar-refractivity contribution is 7.91. The predicted octanol–water partition coefficient (Wildman–Crippen LogP) is 1.09. The molecule has 1 rings (SSSR count). The molecule has 0 unspecified atom stereocenters. The summed E-state index contributed by atoms with van der Waals surface area (Å²) >= 11 is 1.01. The molecule has 0 aliphatic carbocycles. The summed E-state index contributed by atoms with van der Waals surface area (Å²) in [7, 11) is -2.75. The number of carbonyl (C=O) groups is 2. The number of carbonyl (C=O) groups excluding carboxylic acids is 2. The van der Waals surface area contributed by atoms with Gasteiger partial charge in [-0.15, -0.1) is 11.3 Å². The summed E-state index contributed by atoms with van der Waals surface area (Å²) in [4.78, 5) is 23.3. The number of nitrogens with one attached hydrogen (secondary N) is 2. The lowest BCUT2D eigenvalue weighted by Gasteiger charge is -2.21. The van der Waals surface area contributed by atoms with Crippen molar-refractivity contribution < 1.29 is 27.5 Å². The van der Waals surface area contributed by atoms with Crippen LogP contribution in [0.15, 0.2) is 21.7 Å². The number of hydrogen-bond acceptors (Lipinski definition) is 7. The zero-order valence-corrected chi connectivity index (χ0v) is 14.9. The van der Waals surface area contributed by atoms with E-state index in [2.05, 4.69) is 14.8 Å². The van der Waals surface area contributed by atoms with Gasteiger partial charge in [0.2, 0.25) is 0 Å². The van der Waals surface area contributed by atoms with Crippen molar-refractivity contribution in [1.82, 2.24) is 10.0 Å². The maximum absolute atomic E-state index is 12.1. The molecule has 0 aromatic carbocycles. The monoisotopic (exact) mass is 364 g/mol. The van der Waals surface area contributed by atoms with Crippen molar-refractivity contribution in [2.75, 3.05) is 13.7 Å². The number of methoxy groups -OCH3 is 1. The van der Waals surface area contributed by atoms with Gasteiger partial charge in [-0.2, -0.15) is 4.72 Å². The fraction of sp³-hybridized carbons (Fsp3) is 0.538. The summed E-state index contributed by atoms with van der Waals surface area (Å²) in [5, 5.41) is 3.93. The van der Waals surface area contributed by atoms with Crippen molar-refractivity contribution in [1.29, 1.82) is 0 Å². The Labute approximate surface area is 139 Å². The Kier molecular flexibility index (Phi) is 6.54. The van der Waals surface area contributed by atoms with Crippen LogP contribution in [0.1, 0.15) is 20.8 Å². The van der Waals surface area contributed by atoms with Gasteiger partial charge >= 0.3 is 12.1 Å². The Balaban J connectivity index is 2.75. The van der Waals surface area contributed by atoms with Crippen molar-refractivity contribution >= 4 is 33.4 Å². The third kappa shape index (κ3) is 6.55. The van der Waals surface area contributed by atoms with Crippen LogP contribution in [-0.2, 0) is 24.3 Å². The molecule has 0 spiro atoms. The lowest BCUT2D eigenvalue weighted by molar-refractivity contribution is -0.142. The Morgan fingerprint density at radius 2 is 2.00 bits per heavy atom. The second-order valence-corrected chi connectivity index (χ2v) is 8.40. The minimum atomic E-state index is -3.88. The molecular formula is C13H20N2O6S2. The molecule has 1 amide bonds. The fourth-order valence-electron chi connectivity index (χ4n) is 1.48. The minimum Gasteiger partial charge on any atom is -0.468 e.